The van der Waals surface area contributed by atoms with Crippen molar-refractivity contribution < 1.29 is 9.47 Å². The van der Waals surface area contributed by atoms with Crippen LogP contribution in [-0.4, -0.2) is 44.9 Å². The number of hydrogen-bond acceptors (Lipinski definition) is 7. The first-order valence-electron chi connectivity index (χ1n) is 10.4. The van der Waals surface area contributed by atoms with Crippen molar-refractivity contribution in [1.82, 2.24) is 24.8 Å². The third-order valence-corrected chi connectivity index (χ3v) is 5.04. The molecule has 2 aromatic heterocycles. The molecule has 0 aliphatic carbocycles. The molecule has 0 fully saturated rings. The number of nitrogen functional groups attached to an aromatic ring is 1. The topological polar surface area (TPSA) is 112 Å². The molecule has 170 valence electrons. The summed E-state index contributed by atoms with van der Waals surface area (Å²) in [5.41, 5.74) is 8.51. The van der Waals surface area contributed by atoms with Gasteiger partial charge in [0.1, 0.15) is 0 Å². The minimum absolute atomic E-state index is 0.280. The van der Waals surface area contributed by atoms with Crippen molar-refractivity contribution in [2.24, 2.45) is 0 Å². The monoisotopic (exact) mass is 455 g/mol. The highest BCUT2D eigenvalue weighted by molar-refractivity contribution is 7.80. The summed E-state index contributed by atoms with van der Waals surface area (Å²) in [4.78, 5) is 12.1. The highest BCUT2D eigenvalue weighted by Crippen LogP contribution is 2.30. The number of aryl methyl sites for hydroxylation is 3. The van der Waals surface area contributed by atoms with Crippen LogP contribution in [0.1, 0.15) is 24.1 Å². The Hall–Kier alpha value is -3.40. The van der Waals surface area contributed by atoms with Crippen LogP contribution in [0.5, 0.6) is 11.5 Å². The molecule has 0 radical (unpaired) electrons. The predicted molar refractivity (Wildman–Crippen MR) is 129 cm³/mol. The van der Waals surface area contributed by atoms with Gasteiger partial charge in [-0.05, 0) is 56.1 Å². The van der Waals surface area contributed by atoms with E-state index in [2.05, 4.69) is 30.2 Å². The molecule has 0 aliphatic rings. The summed E-state index contributed by atoms with van der Waals surface area (Å²) in [6.45, 7) is 4.25. The maximum absolute atomic E-state index is 5.88. The van der Waals surface area contributed by atoms with E-state index < -0.39 is 0 Å². The lowest BCUT2D eigenvalue weighted by molar-refractivity contribution is 0.289. The summed E-state index contributed by atoms with van der Waals surface area (Å²) in [5, 5.41) is 6.97. The van der Waals surface area contributed by atoms with Gasteiger partial charge in [-0.15, -0.1) is 0 Å². The lowest BCUT2D eigenvalue weighted by atomic mass is 10.2. The van der Waals surface area contributed by atoms with Gasteiger partial charge >= 0.3 is 0 Å². The Balaban J connectivity index is 1.40. The average Bonchev–Trinajstić information content (AvgIpc) is 3.20. The van der Waals surface area contributed by atoms with E-state index in [0.717, 1.165) is 49.3 Å². The SMILES string of the molecule is COc1cc(NC(=S)NCCCn2cncc2C)ccc1OCCCc1cnc(N)nc1. The van der Waals surface area contributed by atoms with Gasteiger partial charge in [-0.1, -0.05) is 0 Å². The average molecular weight is 456 g/mol. The number of anilines is 2. The largest absolute Gasteiger partial charge is 0.493 e. The molecule has 4 N–H and O–H groups in total. The quantitative estimate of drug-likeness (QED) is 0.297. The van der Waals surface area contributed by atoms with Crippen molar-refractivity contribution in [3.8, 4) is 11.5 Å². The molecule has 1 aromatic carbocycles. The van der Waals surface area contributed by atoms with E-state index in [-0.39, 0.29) is 5.95 Å². The molecular weight excluding hydrogens is 426 g/mol. The molecule has 32 heavy (non-hydrogen) atoms. The van der Waals surface area contributed by atoms with Crippen molar-refractivity contribution >= 4 is 29.0 Å². The molecule has 9 nitrogen and oxygen atoms in total. The molecule has 0 saturated heterocycles. The number of nitrogens with zero attached hydrogens (tertiary/aromatic N) is 4. The standard InChI is InChI=1S/C22H29N7O2S/c1-16-12-24-15-29(16)9-4-8-25-22(32)28-18-6-7-19(20(11-18)30-2)31-10-3-5-17-13-26-21(23)27-14-17/h6-7,11-15H,3-5,8-10H2,1-2H3,(H2,23,26,27)(H2,25,28,32). The van der Waals surface area contributed by atoms with Crippen molar-refractivity contribution in [1.29, 1.82) is 0 Å². The van der Waals surface area contributed by atoms with Crippen LogP contribution in [0.4, 0.5) is 11.6 Å². The fraction of sp³-hybridized carbons (Fsp3) is 0.364. The number of nitrogens with one attached hydrogen (secondary N) is 2. The summed E-state index contributed by atoms with van der Waals surface area (Å²) in [7, 11) is 1.62. The highest BCUT2D eigenvalue weighted by Gasteiger charge is 2.07. The number of rotatable bonds is 11. The fourth-order valence-corrected chi connectivity index (χ4v) is 3.28. The summed E-state index contributed by atoms with van der Waals surface area (Å²) in [5.74, 6) is 1.60. The Morgan fingerprint density at radius 1 is 1.16 bits per heavy atom. The number of benzene rings is 1. The van der Waals surface area contributed by atoms with Crippen LogP contribution in [0.3, 0.4) is 0 Å². The number of methoxy groups -OCH3 is 1. The van der Waals surface area contributed by atoms with E-state index in [0.29, 0.717) is 23.2 Å². The number of hydrogen-bond donors (Lipinski definition) is 3. The predicted octanol–water partition coefficient (Wildman–Crippen LogP) is 2.96. The molecule has 3 aromatic rings. The van der Waals surface area contributed by atoms with E-state index in [1.807, 2.05) is 37.6 Å². The molecule has 0 aliphatic heterocycles. The van der Waals surface area contributed by atoms with Gasteiger partial charge in [0.2, 0.25) is 5.95 Å². The first-order chi connectivity index (χ1) is 15.5. The Bertz CT molecular complexity index is 1010. The fourth-order valence-electron chi connectivity index (χ4n) is 3.06. The van der Waals surface area contributed by atoms with Crippen LogP contribution in [0.2, 0.25) is 0 Å². The minimum Gasteiger partial charge on any atom is -0.493 e. The van der Waals surface area contributed by atoms with Gasteiger partial charge in [0.25, 0.3) is 0 Å². The number of ether oxygens (including phenoxy) is 2. The molecular formula is C22H29N7O2S. The number of imidazole rings is 1. The smallest absolute Gasteiger partial charge is 0.219 e. The van der Waals surface area contributed by atoms with Crippen molar-refractivity contribution in [2.45, 2.75) is 32.7 Å². The number of aromatic nitrogens is 4. The summed E-state index contributed by atoms with van der Waals surface area (Å²) in [6, 6.07) is 5.65. The normalized spacial score (nSPS) is 10.6. The van der Waals surface area contributed by atoms with Crippen LogP contribution >= 0.6 is 12.2 Å². The third-order valence-electron chi connectivity index (χ3n) is 4.80. The summed E-state index contributed by atoms with van der Waals surface area (Å²) in [6.07, 6.45) is 9.74. The van der Waals surface area contributed by atoms with Gasteiger partial charge < -0.3 is 30.4 Å². The lowest BCUT2D eigenvalue weighted by Crippen LogP contribution is -2.29. The zero-order valence-electron chi connectivity index (χ0n) is 18.4. The van der Waals surface area contributed by atoms with Gasteiger partial charge in [0, 0.05) is 49.1 Å². The third kappa shape index (κ3) is 7.09. The van der Waals surface area contributed by atoms with Gasteiger partial charge in [-0.2, -0.15) is 0 Å². The van der Waals surface area contributed by atoms with Gasteiger partial charge in [-0.3, -0.25) is 0 Å². The number of nitrogens with two attached hydrogens (primary N) is 1. The van der Waals surface area contributed by atoms with Crippen LogP contribution < -0.4 is 25.8 Å². The van der Waals surface area contributed by atoms with Gasteiger partial charge in [-0.25, -0.2) is 15.0 Å². The van der Waals surface area contributed by atoms with Crippen LogP contribution in [0, 0.1) is 6.92 Å². The molecule has 3 rings (SSSR count). The van der Waals surface area contributed by atoms with E-state index >= 15 is 0 Å². The zero-order chi connectivity index (χ0) is 22.8. The van der Waals surface area contributed by atoms with Gasteiger partial charge in [0.05, 0.1) is 20.0 Å². The second-order valence-corrected chi connectivity index (χ2v) is 7.64. The van der Waals surface area contributed by atoms with E-state index in [1.165, 1.54) is 0 Å². The highest BCUT2D eigenvalue weighted by atomic mass is 32.1. The maximum atomic E-state index is 5.88. The second kappa shape index (κ2) is 11.8. The number of thiocarbonyl (C=S) groups is 1. The maximum Gasteiger partial charge on any atom is 0.219 e. The second-order valence-electron chi connectivity index (χ2n) is 7.23. The molecule has 0 atom stereocenters. The minimum atomic E-state index is 0.280. The molecule has 0 spiro atoms. The first kappa shape index (κ1) is 23.3. The molecule has 0 unspecified atom stereocenters. The zero-order valence-corrected chi connectivity index (χ0v) is 19.2. The lowest BCUT2D eigenvalue weighted by Gasteiger charge is -2.14. The Labute approximate surface area is 193 Å². The van der Waals surface area contributed by atoms with Crippen molar-refractivity contribution in [3.05, 3.63) is 54.4 Å². The summed E-state index contributed by atoms with van der Waals surface area (Å²) >= 11 is 5.40. The molecule has 0 amide bonds. The Morgan fingerprint density at radius 2 is 1.97 bits per heavy atom. The summed E-state index contributed by atoms with van der Waals surface area (Å²) < 4.78 is 13.5. The molecule has 0 saturated carbocycles. The molecule has 2 heterocycles. The van der Waals surface area contributed by atoms with Crippen molar-refractivity contribution in [3.63, 3.8) is 0 Å². The molecule has 0 bridgehead atoms. The van der Waals surface area contributed by atoms with E-state index in [4.69, 9.17) is 27.4 Å². The van der Waals surface area contributed by atoms with Crippen LogP contribution in [0.25, 0.3) is 0 Å². The van der Waals surface area contributed by atoms with Crippen LogP contribution in [-0.2, 0) is 13.0 Å². The Morgan fingerprint density at radius 3 is 2.69 bits per heavy atom. The van der Waals surface area contributed by atoms with E-state index in [9.17, 15) is 0 Å². The van der Waals surface area contributed by atoms with Crippen LogP contribution in [0.15, 0.2) is 43.1 Å². The Kier molecular flexibility index (Phi) is 8.61. The molecule has 10 heteroatoms. The van der Waals surface area contributed by atoms with Crippen molar-refractivity contribution in [2.75, 3.05) is 31.3 Å². The first-order valence-corrected chi connectivity index (χ1v) is 10.8. The van der Waals surface area contributed by atoms with E-state index in [1.54, 1.807) is 19.5 Å². The van der Waals surface area contributed by atoms with Gasteiger partial charge in [0.15, 0.2) is 16.6 Å².